The minimum Gasteiger partial charge on any atom is -0.330 e. The van der Waals surface area contributed by atoms with Crippen LogP contribution in [0.1, 0.15) is 26.2 Å². The topological polar surface area (TPSA) is 60.9 Å². The van der Waals surface area contributed by atoms with E-state index in [0.29, 0.717) is 17.1 Å². The van der Waals surface area contributed by atoms with Gasteiger partial charge in [0.2, 0.25) is 17.7 Å². The molecule has 0 spiro atoms. The van der Waals surface area contributed by atoms with Crippen molar-refractivity contribution in [2.75, 3.05) is 24.7 Å². The van der Waals surface area contributed by atoms with Crippen LogP contribution in [0.25, 0.3) is 0 Å². The predicted octanol–water partition coefficient (Wildman–Crippen LogP) is 1.87. The lowest BCUT2D eigenvalue weighted by Crippen LogP contribution is -2.43. The van der Waals surface area contributed by atoms with Gasteiger partial charge in [0.15, 0.2) is 0 Å². The van der Waals surface area contributed by atoms with E-state index in [9.17, 15) is 14.4 Å². The highest BCUT2D eigenvalue weighted by Gasteiger charge is 2.37. The monoisotopic (exact) mass is 349 g/mol. The number of hydrogen-bond donors (Lipinski definition) is 0. The number of anilines is 1. The van der Waals surface area contributed by atoms with Gasteiger partial charge < -0.3 is 9.80 Å². The van der Waals surface area contributed by atoms with E-state index in [1.165, 1.54) is 9.80 Å². The number of halogens is 1. The van der Waals surface area contributed by atoms with Gasteiger partial charge in [-0.1, -0.05) is 24.6 Å². The summed E-state index contributed by atoms with van der Waals surface area (Å²) in [5, 5.41) is 0.540. The van der Waals surface area contributed by atoms with Crippen molar-refractivity contribution in [3.8, 4) is 0 Å². The van der Waals surface area contributed by atoms with E-state index in [0.717, 1.165) is 12.8 Å². The van der Waals surface area contributed by atoms with Crippen molar-refractivity contribution in [1.82, 2.24) is 9.80 Å². The first kappa shape index (κ1) is 16.8. The van der Waals surface area contributed by atoms with E-state index in [1.54, 1.807) is 36.1 Å². The Bertz CT molecular complexity index is 675. The van der Waals surface area contributed by atoms with E-state index in [2.05, 4.69) is 0 Å². The standard InChI is InChI=1S/C17H20ClN3O3/c1-2-15(22)20(13-6-7-13)10-16(23)19-9-17(24)21(11-19)14-5-3-4-12(18)8-14/h3-5,8,13H,2,6-7,9-11H2,1H3. The highest BCUT2D eigenvalue weighted by atomic mass is 35.5. The quantitative estimate of drug-likeness (QED) is 0.815. The Morgan fingerprint density at radius 3 is 2.71 bits per heavy atom. The Kier molecular flexibility index (Phi) is 4.76. The maximum atomic E-state index is 12.5. The van der Waals surface area contributed by atoms with Gasteiger partial charge in [0, 0.05) is 23.2 Å². The van der Waals surface area contributed by atoms with Crippen LogP contribution in [0.2, 0.25) is 5.02 Å². The summed E-state index contributed by atoms with van der Waals surface area (Å²) in [6.45, 7) is 2.07. The molecule has 3 amide bonds. The van der Waals surface area contributed by atoms with E-state index < -0.39 is 0 Å². The first-order valence-electron chi connectivity index (χ1n) is 8.12. The summed E-state index contributed by atoms with van der Waals surface area (Å²) in [4.78, 5) is 41.4. The second-order valence-corrected chi connectivity index (χ2v) is 6.58. The SMILES string of the molecule is CCC(=O)N(CC(=O)N1CC(=O)N(c2cccc(Cl)c2)C1)C1CC1. The number of carbonyl (C=O) groups excluding carboxylic acids is 3. The van der Waals surface area contributed by atoms with Crippen LogP contribution in [0.5, 0.6) is 0 Å². The molecule has 2 aliphatic rings. The summed E-state index contributed by atoms with van der Waals surface area (Å²) in [7, 11) is 0. The van der Waals surface area contributed by atoms with Crippen LogP contribution in [0.15, 0.2) is 24.3 Å². The van der Waals surface area contributed by atoms with Gasteiger partial charge in [0.25, 0.3) is 0 Å². The molecule has 128 valence electrons. The molecule has 1 aromatic carbocycles. The molecule has 6 nitrogen and oxygen atoms in total. The van der Waals surface area contributed by atoms with Crippen LogP contribution in [0, 0.1) is 0 Å². The van der Waals surface area contributed by atoms with Crippen molar-refractivity contribution in [3.05, 3.63) is 29.3 Å². The molecule has 0 unspecified atom stereocenters. The number of rotatable bonds is 5. The van der Waals surface area contributed by atoms with E-state index in [1.807, 2.05) is 0 Å². The lowest BCUT2D eigenvalue weighted by atomic mass is 10.3. The molecule has 1 heterocycles. The first-order chi connectivity index (χ1) is 11.5. The molecular weight excluding hydrogens is 330 g/mol. The van der Waals surface area contributed by atoms with E-state index in [4.69, 9.17) is 11.6 Å². The normalized spacial score (nSPS) is 17.3. The number of carbonyl (C=O) groups is 3. The fourth-order valence-corrected chi connectivity index (χ4v) is 3.03. The Morgan fingerprint density at radius 1 is 1.33 bits per heavy atom. The second kappa shape index (κ2) is 6.81. The van der Waals surface area contributed by atoms with Crippen LogP contribution in [-0.2, 0) is 14.4 Å². The molecule has 24 heavy (non-hydrogen) atoms. The molecule has 3 rings (SSSR count). The summed E-state index contributed by atoms with van der Waals surface area (Å²) in [6, 6.07) is 7.17. The minimum absolute atomic E-state index is 0.0110. The molecule has 1 saturated heterocycles. The molecule has 1 aliphatic carbocycles. The van der Waals surface area contributed by atoms with Crippen molar-refractivity contribution in [3.63, 3.8) is 0 Å². The van der Waals surface area contributed by atoms with Crippen molar-refractivity contribution < 1.29 is 14.4 Å². The second-order valence-electron chi connectivity index (χ2n) is 6.14. The van der Waals surface area contributed by atoms with Gasteiger partial charge in [0.05, 0.1) is 0 Å². The van der Waals surface area contributed by atoms with Crippen molar-refractivity contribution in [1.29, 1.82) is 0 Å². The Balaban J connectivity index is 1.66. The number of hydrogen-bond acceptors (Lipinski definition) is 3. The summed E-state index contributed by atoms with van der Waals surface area (Å²) in [5.74, 6) is -0.352. The van der Waals surface area contributed by atoms with Crippen LogP contribution < -0.4 is 4.90 Å². The van der Waals surface area contributed by atoms with Crippen molar-refractivity contribution in [2.45, 2.75) is 32.2 Å². The molecule has 0 N–H and O–H groups in total. The van der Waals surface area contributed by atoms with Gasteiger partial charge in [-0.05, 0) is 31.0 Å². The number of nitrogens with zero attached hydrogens (tertiary/aromatic N) is 3. The van der Waals surface area contributed by atoms with Crippen LogP contribution in [0.3, 0.4) is 0 Å². The predicted molar refractivity (Wildman–Crippen MR) is 90.5 cm³/mol. The van der Waals surface area contributed by atoms with E-state index in [-0.39, 0.29) is 43.5 Å². The third-order valence-electron chi connectivity index (χ3n) is 4.33. The molecule has 0 radical (unpaired) electrons. The van der Waals surface area contributed by atoms with Crippen molar-refractivity contribution in [2.24, 2.45) is 0 Å². The van der Waals surface area contributed by atoms with Gasteiger partial charge in [-0.15, -0.1) is 0 Å². The van der Waals surface area contributed by atoms with Crippen LogP contribution in [-0.4, -0.2) is 53.3 Å². The van der Waals surface area contributed by atoms with Gasteiger partial charge in [-0.3, -0.25) is 19.3 Å². The van der Waals surface area contributed by atoms with E-state index >= 15 is 0 Å². The van der Waals surface area contributed by atoms with Gasteiger partial charge in [0.1, 0.15) is 19.8 Å². The summed E-state index contributed by atoms with van der Waals surface area (Å²) in [5.41, 5.74) is 0.673. The zero-order valence-corrected chi connectivity index (χ0v) is 14.3. The largest absolute Gasteiger partial charge is 0.330 e. The smallest absolute Gasteiger partial charge is 0.248 e. The number of benzene rings is 1. The molecule has 1 saturated carbocycles. The highest BCUT2D eigenvalue weighted by molar-refractivity contribution is 6.31. The fraction of sp³-hybridized carbons (Fsp3) is 0.471. The zero-order valence-electron chi connectivity index (χ0n) is 13.6. The minimum atomic E-state index is -0.193. The zero-order chi connectivity index (χ0) is 17.3. The lowest BCUT2D eigenvalue weighted by molar-refractivity contribution is -0.140. The molecular formula is C17H20ClN3O3. The highest BCUT2D eigenvalue weighted by Crippen LogP contribution is 2.28. The third-order valence-corrected chi connectivity index (χ3v) is 4.56. The van der Waals surface area contributed by atoms with Crippen molar-refractivity contribution >= 4 is 35.0 Å². The summed E-state index contributed by atoms with van der Waals surface area (Å²) >= 11 is 5.97. The average Bonchev–Trinajstić information content (AvgIpc) is 3.33. The fourth-order valence-electron chi connectivity index (χ4n) is 2.84. The Morgan fingerprint density at radius 2 is 2.08 bits per heavy atom. The van der Waals surface area contributed by atoms with Gasteiger partial charge in [-0.25, -0.2) is 0 Å². The van der Waals surface area contributed by atoms with Crippen LogP contribution in [0.4, 0.5) is 5.69 Å². The molecule has 2 fully saturated rings. The Labute approximate surface area is 146 Å². The van der Waals surface area contributed by atoms with Crippen LogP contribution >= 0.6 is 11.6 Å². The average molecular weight is 350 g/mol. The molecule has 1 aliphatic heterocycles. The Hall–Kier alpha value is -2.08. The van der Waals surface area contributed by atoms with Gasteiger partial charge in [-0.2, -0.15) is 0 Å². The summed E-state index contributed by atoms with van der Waals surface area (Å²) < 4.78 is 0. The molecule has 0 aromatic heterocycles. The number of amides is 3. The van der Waals surface area contributed by atoms with Gasteiger partial charge >= 0.3 is 0 Å². The maximum absolute atomic E-state index is 12.5. The summed E-state index contributed by atoms with van der Waals surface area (Å²) in [6.07, 6.45) is 2.29. The molecule has 0 bridgehead atoms. The molecule has 0 atom stereocenters. The first-order valence-corrected chi connectivity index (χ1v) is 8.50. The lowest BCUT2D eigenvalue weighted by Gasteiger charge is -2.24. The maximum Gasteiger partial charge on any atom is 0.248 e. The third kappa shape index (κ3) is 3.53. The molecule has 7 heteroatoms. The molecule has 1 aromatic rings.